The van der Waals surface area contributed by atoms with E-state index in [1.54, 1.807) is 31.7 Å². The van der Waals surface area contributed by atoms with Crippen molar-refractivity contribution in [1.29, 1.82) is 0 Å². The number of halogens is 3. The summed E-state index contributed by atoms with van der Waals surface area (Å²) in [7, 11) is 1.61. The van der Waals surface area contributed by atoms with E-state index in [0.717, 1.165) is 6.07 Å². The van der Waals surface area contributed by atoms with E-state index in [2.05, 4.69) is 20.6 Å². The van der Waals surface area contributed by atoms with E-state index in [1.165, 1.54) is 6.07 Å². The summed E-state index contributed by atoms with van der Waals surface area (Å²) in [4.78, 5) is 15.4. The molecule has 1 unspecified atom stereocenters. The molecule has 0 bridgehead atoms. The normalized spacial score (nSPS) is 17.9. The van der Waals surface area contributed by atoms with E-state index in [9.17, 15) is 18.7 Å². The zero-order valence-electron chi connectivity index (χ0n) is 22.1. The van der Waals surface area contributed by atoms with E-state index >= 15 is 0 Å². The van der Waals surface area contributed by atoms with Gasteiger partial charge >= 0.3 is 6.03 Å². The monoisotopic (exact) mass is 565 g/mol. The van der Waals surface area contributed by atoms with Crippen molar-refractivity contribution >= 4 is 24.3 Å². The average Bonchev–Trinajstić information content (AvgIpc) is 3.44. The van der Waals surface area contributed by atoms with Gasteiger partial charge in [0, 0.05) is 32.7 Å². The number of hydrogen-bond acceptors (Lipinski definition) is 6. The Labute approximate surface area is 232 Å². The molecule has 3 atom stereocenters. The number of carbonyl (C=O) groups is 1. The molecule has 2 heterocycles. The molecule has 3 aromatic rings. The second-order valence-corrected chi connectivity index (χ2v) is 9.42. The topological polar surface area (TPSA) is 101 Å². The van der Waals surface area contributed by atoms with Gasteiger partial charge in [0.25, 0.3) is 0 Å². The number of aromatic nitrogens is 2. The third-order valence-corrected chi connectivity index (χ3v) is 6.47. The van der Waals surface area contributed by atoms with Gasteiger partial charge in [-0.25, -0.2) is 18.3 Å². The fourth-order valence-electron chi connectivity index (χ4n) is 4.54. The lowest BCUT2D eigenvalue weighted by Crippen LogP contribution is -2.42. The number of likely N-dealkylation sites (tertiary alicyclic amines) is 1. The molecule has 1 aromatic heterocycles. The molecule has 2 amide bonds. The Bertz CT molecular complexity index is 1240. The maximum atomic E-state index is 14.0. The van der Waals surface area contributed by atoms with Gasteiger partial charge in [0.05, 0.1) is 30.0 Å². The fraction of sp³-hybridized carbons (Fsp3) is 0.407. The summed E-state index contributed by atoms with van der Waals surface area (Å²) in [5.41, 5.74) is 1.91. The predicted molar refractivity (Wildman–Crippen MR) is 146 cm³/mol. The molecule has 1 fully saturated rings. The van der Waals surface area contributed by atoms with Crippen LogP contribution in [-0.4, -0.2) is 77.9 Å². The molecule has 2 aromatic carbocycles. The number of hydrogen-bond donors (Lipinski definition) is 3. The highest BCUT2D eigenvalue weighted by Gasteiger charge is 2.35. The van der Waals surface area contributed by atoms with Crippen LogP contribution in [0, 0.1) is 18.6 Å². The predicted octanol–water partition coefficient (Wildman–Crippen LogP) is 3.88. The number of methoxy groups -OCH3 is 1. The summed E-state index contributed by atoms with van der Waals surface area (Å²) in [6, 6.07) is 12.3. The Hall–Kier alpha value is -3.25. The third-order valence-electron chi connectivity index (χ3n) is 6.47. The fourth-order valence-corrected chi connectivity index (χ4v) is 4.54. The Morgan fingerprint density at radius 1 is 1.18 bits per heavy atom. The van der Waals surface area contributed by atoms with Crippen LogP contribution in [0.3, 0.4) is 0 Å². The van der Waals surface area contributed by atoms with Crippen molar-refractivity contribution in [3.05, 3.63) is 71.3 Å². The molecule has 3 N–H and O–H groups in total. The summed E-state index contributed by atoms with van der Waals surface area (Å²) in [5.74, 6) is -1.39. The molecule has 9 nitrogen and oxygen atoms in total. The summed E-state index contributed by atoms with van der Waals surface area (Å²) in [6.07, 6.45) is -0.687. The van der Waals surface area contributed by atoms with Crippen LogP contribution in [0.1, 0.15) is 24.0 Å². The molecule has 212 valence electrons. The molecular weight excluding hydrogens is 532 g/mol. The quantitative estimate of drug-likeness (QED) is 0.345. The lowest BCUT2D eigenvalue weighted by Gasteiger charge is -2.21. The van der Waals surface area contributed by atoms with E-state index in [0.29, 0.717) is 48.9 Å². The van der Waals surface area contributed by atoms with Gasteiger partial charge in [0.2, 0.25) is 5.88 Å². The van der Waals surface area contributed by atoms with Crippen molar-refractivity contribution in [3.8, 4) is 11.6 Å². The SMILES string of the molecule is COCCN1C[C@@H](NC(=O)Nc2c(C)c(OCC(C)O)nn2-c2ccccc2)[C@H](c2ccc(F)c(F)c2)C1.Cl. The number of anilines is 1. The number of aliphatic hydroxyl groups is 1. The highest BCUT2D eigenvalue weighted by molar-refractivity contribution is 5.90. The van der Waals surface area contributed by atoms with Crippen LogP contribution >= 0.6 is 12.4 Å². The Morgan fingerprint density at radius 3 is 2.59 bits per heavy atom. The van der Waals surface area contributed by atoms with Crippen LogP contribution in [-0.2, 0) is 4.74 Å². The van der Waals surface area contributed by atoms with Gasteiger partial charge in [-0.1, -0.05) is 24.3 Å². The summed E-state index contributed by atoms with van der Waals surface area (Å²) in [6.45, 7) is 5.64. The number of urea groups is 1. The third kappa shape index (κ3) is 7.45. The summed E-state index contributed by atoms with van der Waals surface area (Å²) in [5, 5.41) is 20.0. The number of para-hydroxylation sites is 1. The number of amides is 2. The molecule has 0 aliphatic carbocycles. The maximum Gasteiger partial charge on any atom is 0.320 e. The number of aliphatic hydroxyl groups excluding tert-OH is 1. The smallest absolute Gasteiger partial charge is 0.320 e. The first-order chi connectivity index (χ1) is 18.3. The minimum Gasteiger partial charge on any atom is -0.474 e. The van der Waals surface area contributed by atoms with Crippen molar-refractivity contribution < 1.29 is 28.2 Å². The Morgan fingerprint density at radius 2 is 1.92 bits per heavy atom. The lowest BCUT2D eigenvalue weighted by atomic mass is 9.94. The minimum absolute atomic E-state index is 0. The number of carbonyl (C=O) groups excluding carboxylic acids is 1. The highest BCUT2D eigenvalue weighted by atomic mass is 35.5. The van der Waals surface area contributed by atoms with E-state index in [1.807, 2.05) is 30.3 Å². The van der Waals surface area contributed by atoms with Crippen molar-refractivity contribution in [2.24, 2.45) is 0 Å². The van der Waals surface area contributed by atoms with Crippen molar-refractivity contribution in [2.45, 2.75) is 31.9 Å². The maximum absolute atomic E-state index is 14.0. The first kappa shape index (κ1) is 30.3. The lowest BCUT2D eigenvalue weighted by molar-refractivity contribution is 0.119. The zero-order chi connectivity index (χ0) is 27.2. The van der Waals surface area contributed by atoms with Crippen LogP contribution in [0.15, 0.2) is 48.5 Å². The molecule has 12 heteroatoms. The average molecular weight is 566 g/mol. The first-order valence-electron chi connectivity index (χ1n) is 12.5. The second-order valence-electron chi connectivity index (χ2n) is 9.42. The summed E-state index contributed by atoms with van der Waals surface area (Å²) >= 11 is 0. The standard InChI is InChI=1S/C27H33F2N5O4.ClH/c1-17(35)16-38-26-18(2)25(34(32-26)20-7-5-4-6-8-20)31-27(36)30-24-15-33(11-12-37-3)14-21(24)19-9-10-22(28)23(29)13-19;/h4-10,13,17,21,24,35H,11-12,14-16H2,1-3H3,(H2,30,31,36);1H/t17?,21-,24+;/m0./s1. The first-order valence-corrected chi connectivity index (χ1v) is 12.5. The van der Waals surface area contributed by atoms with Crippen molar-refractivity contribution in [3.63, 3.8) is 0 Å². The van der Waals surface area contributed by atoms with Gasteiger partial charge in [-0.15, -0.1) is 17.5 Å². The Kier molecular flexibility index (Phi) is 10.6. The zero-order valence-corrected chi connectivity index (χ0v) is 22.9. The van der Waals surface area contributed by atoms with E-state index in [4.69, 9.17) is 9.47 Å². The summed E-state index contributed by atoms with van der Waals surface area (Å²) < 4.78 is 40.0. The van der Waals surface area contributed by atoms with Crippen LogP contribution in [0.25, 0.3) is 5.69 Å². The van der Waals surface area contributed by atoms with E-state index < -0.39 is 23.8 Å². The molecular formula is C27H34ClF2N5O4. The van der Waals surface area contributed by atoms with Gasteiger partial charge in [0.1, 0.15) is 12.4 Å². The van der Waals surface area contributed by atoms with Crippen molar-refractivity contribution in [2.75, 3.05) is 45.3 Å². The number of ether oxygens (including phenoxy) is 2. The molecule has 1 saturated heterocycles. The molecule has 4 rings (SSSR count). The molecule has 1 aliphatic rings. The van der Waals surface area contributed by atoms with E-state index in [-0.39, 0.29) is 36.9 Å². The largest absolute Gasteiger partial charge is 0.474 e. The number of rotatable bonds is 10. The molecule has 0 saturated carbocycles. The molecule has 1 aliphatic heterocycles. The van der Waals surface area contributed by atoms with Crippen LogP contribution in [0.4, 0.5) is 19.4 Å². The minimum atomic E-state index is -0.923. The number of benzene rings is 2. The van der Waals surface area contributed by atoms with Gasteiger partial charge in [0.15, 0.2) is 11.6 Å². The number of nitrogens with one attached hydrogen (secondary N) is 2. The number of nitrogens with zero attached hydrogens (tertiary/aromatic N) is 3. The van der Waals surface area contributed by atoms with Crippen LogP contribution < -0.4 is 15.4 Å². The van der Waals surface area contributed by atoms with Gasteiger partial charge in [-0.3, -0.25) is 10.2 Å². The molecule has 0 radical (unpaired) electrons. The molecule has 39 heavy (non-hydrogen) atoms. The van der Waals surface area contributed by atoms with Crippen LogP contribution in [0.5, 0.6) is 5.88 Å². The Balaban J connectivity index is 0.00000420. The van der Waals surface area contributed by atoms with Gasteiger partial charge < -0.3 is 19.9 Å². The van der Waals surface area contributed by atoms with Gasteiger partial charge in [-0.05, 0) is 43.7 Å². The van der Waals surface area contributed by atoms with Crippen molar-refractivity contribution in [1.82, 2.24) is 20.0 Å². The van der Waals surface area contributed by atoms with Crippen LogP contribution in [0.2, 0.25) is 0 Å². The highest BCUT2D eigenvalue weighted by Crippen LogP contribution is 2.31. The van der Waals surface area contributed by atoms with Gasteiger partial charge in [-0.2, -0.15) is 0 Å². The second kappa shape index (κ2) is 13.7. The molecule has 0 spiro atoms.